The summed E-state index contributed by atoms with van der Waals surface area (Å²) >= 11 is 5.91. The molecule has 0 spiro atoms. The van der Waals surface area contributed by atoms with E-state index in [1.165, 1.54) is 10.6 Å². The number of carbonyl (C=O) groups is 2. The van der Waals surface area contributed by atoms with Gasteiger partial charge in [-0.1, -0.05) is 23.7 Å². The first kappa shape index (κ1) is 24.0. The molecule has 186 valence electrons. The van der Waals surface area contributed by atoms with E-state index in [2.05, 4.69) is 25.6 Å². The van der Waals surface area contributed by atoms with Crippen LogP contribution in [0.4, 0.5) is 5.69 Å². The molecule has 2 amide bonds. The lowest BCUT2D eigenvalue weighted by molar-refractivity contribution is -0.116. The van der Waals surface area contributed by atoms with Gasteiger partial charge in [0.2, 0.25) is 5.91 Å². The first-order valence-corrected chi connectivity index (χ1v) is 11.8. The summed E-state index contributed by atoms with van der Waals surface area (Å²) in [6.45, 7) is 0.236. The molecule has 0 aliphatic carbocycles. The number of aryl methyl sites for hydroxylation is 1. The summed E-state index contributed by atoms with van der Waals surface area (Å²) < 4.78 is 1.33. The number of nitrogens with one attached hydrogen (secondary N) is 4. The van der Waals surface area contributed by atoms with Crippen molar-refractivity contribution in [3.63, 3.8) is 0 Å². The van der Waals surface area contributed by atoms with Crippen LogP contribution in [0, 0.1) is 0 Å². The second kappa shape index (κ2) is 10.1. The van der Waals surface area contributed by atoms with E-state index < -0.39 is 11.5 Å². The number of hydrogen-bond acceptors (Lipinski definition) is 5. The molecule has 0 bridgehead atoms. The van der Waals surface area contributed by atoms with E-state index in [9.17, 15) is 19.2 Å². The standard InChI is InChI=1S/C26H21ClN6O4/c27-17-5-3-15(4-6-17)14-29-24(35)19-12-16-2-1-10-28-23(16)33(25(19)36)11-9-22(34)30-18-7-8-20-21(13-18)32-26(37)31-20/h1-8,10,12-13H,9,11,14H2,(H,29,35)(H,30,34)(H2,31,32,37). The van der Waals surface area contributed by atoms with Gasteiger partial charge in [-0.3, -0.25) is 19.0 Å². The Morgan fingerprint density at radius 1 is 0.973 bits per heavy atom. The normalized spacial score (nSPS) is 11.1. The highest BCUT2D eigenvalue weighted by atomic mass is 35.5. The van der Waals surface area contributed by atoms with Crippen molar-refractivity contribution >= 4 is 51.2 Å². The van der Waals surface area contributed by atoms with Crippen LogP contribution in [-0.4, -0.2) is 31.3 Å². The summed E-state index contributed by atoms with van der Waals surface area (Å²) in [5.74, 6) is -0.872. The molecule has 10 nitrogen and oxygen atoms in total. The van der Waals surface area contributed by atoms with E-state index in [-0.39, 0.29) is 36.7 Å². The molecule has 0 aliphatic heterocycles. The van der Waals surface area contributed by atoms with Gasteiger partial charge in [-0.05, 0) is 54.1 Å². The third-order valence-electron chi connectivity index (χ3n) is 5.82. The van der Waals surface area contributed by atoms with Crippen LogP contribution in [0.5, 0.6) is 0 Å². The van der Waals surface area contributed by atoms with Crippen LogP contribution < -0.4 is 21.9 Å². The zero-order valence-electron chi connectivity index (χ0n) is 19.4. The van der Waals surface area contributed by atoms with Crippen LogP contribution in [0.15, 0.2) is 76.4 Å². The van der Waals surface area contributed by atoms with Crippen molar-refractivity contribution in [3.05, 3.63) is 104 Å². The van der Waals surface area contributed by atoms with Crippen LogP contribution in [0.25, 0.3) is 22.1 Å². The zero-order chi connectivity index (χ0) is 25.9. The largest absolute Gasteiger partial charge is 0.348 e. The van der Waals surface area contributed by atoms with E-state index in [1.807, 2.05) is 0 Å². The Hall–Kier alpha value is -4.70. The van der Waals surface area contributed by atoms with Gasteiger partial charge in [-0.15, -0.1) is 0 Å². The molecule has 0 aliphatic rings. The van der Waals surface area contributed by atoms with Crippen molar-refractivity contribution in [3.8, 4) is 0 Å². The second-order valence-corrected chi connectivity index (χ2v) is 8.81. The number of imidazole rings is 1. The van der Waals surface area contributed by atoms with Crippen LogP contribution in [0.2, 0.25) is 5.02 Å². The molecule has 11 heteroatoms. The maximum atomic E-state index is 13.3. The third-order valence-corrected chi connectivity index (χ3v) is 6.07. The van der Waals surface area contributed by atoms with E-state index in [4.69, 9.17) is 11.6 Å². The van der Waals surface area contributed by atoms with Gasteiger partial charge in [-0.2, -0.15) is 0 Å². The number of aromatic nitrogens is 4. The number of halogens is 1. The minimum atomic E-state index is -0.543. The molecule has 4 N–H and O–H groups in total. The summed E-state index contributed by atoms with van der Waals surface area (Å²) in [7, 11) is 0. The SMILES string of the molecule is O=C(CCn1c(=O)c(C(=O)NCc2ccc(Cl)cc2)cc2cccnc21)Nc1ccc2[nH]c(=O)[nH]c2c1. The van der Waals surface area contributed by atoms with Crippen molar-refractivity contribution in [2.45, 2.75) is 19.5 Å². The molecule has 5 aromatic rings. The van der Waals surface area contributed by atoms with E-state index in [0.29, 0.717) is 32.8 Å². The smallest absolute Gasteiger partial charge is 0.323 e. The fourth-order valence-corrected chi connectivity index (χ4v) is 4.13. The molecule has 0 fully saturated rings. The average Bonchev–Trinajstić information content (AvgIpc) is 3.26. The number of benzene rings is 2. The van der Waals surface area contributed by atoms with Crippen LogP contribution in [0.1, 0.15) is 22.3 Å². The van der Waals surface area contributed by atoms with Crippen LogP contribution in [0.3, 0.4) is 0 Å². The second-order valence-electron chi connectivity index (χ2n) is 8.38. The average molecular weight is 517 g/mol. The number of pyridine rings is 2. The minimum absolute atomic E-state index is 0.0136. The van der Waals surface area contributed by atoms with Gasteiger partial charge in [0.15, 0.2) is 0 Å². The number of anilines is 1. The first-order valence-electron chi connectivity index (χ1n) is 11.4. The highest BCUT2D eigenvalue weighted by Crippen LogP contribution is 2.16. The summed E-state index contributed by atoms with van der Waals surface area (Å²) in [5.41, 5.74) is 1.97. The molecule has 0 atom stereocenters. The Balaban J connectivity index is 1.34. The fourth-order valence-electron chi connectivity index (χ4n) is 4.00. The van der Waals surface area contributed by atoms with Gasteiger partial charge in [0, 0.05) is 41.8 Å². The van der Waals surface area contributed by atoms with Crippen molar-refractivity contribution in [1.82, 2.24) is 24.8 Å². The van der Waals surface area contributed by atoms with Gasteiger partial charge in [0.05, 0.1) is 11.0 Å². The predicted octanol–water partition coefficient (Wildman–Crippen LogP) is 3.18. The molecule has 3 aromatic heterocycles. The van der Waals surface area contributed by atoms with Crippen molar-refractivity contribution < 1.29 is 9.59 Å². The van der Waals surface area contributed by atoms with Crippen LogP contribution in [-0.2, 0) is 17.9 Å². The number of carbonyl (C=O) groups excluding carboxylic acids is 2. The van der Waals surface area contributed by atoms with Gasteiger partial charge >= 0.3 is 5.69 Å². The molecule has 0 saturated carbocycles. The topological polar surface area (TPSA) is 142 Å². The number of rotatable bonds is 7. The molecular formula is C26H21ClN6O4. The molecule has 0 unspecified atom stereocenters. The fraction of sp³-hybridized carbons (Fsp3) is 0.115. The predicted molar refractivity (Wildman–Crippen MR) is 141 cm³/mol. The maximum absolute atomic E-state index is 13.3. The lowest BCUT2D eigenvalue weighted by atomic mass is 10.1. The summed E-state index contributed by atoms with van der Waals surface area (Å²) in [6, 6.07) is 17.0. The quantitative estimate of drug-likeness (QED) is 0.263. The van der Waals surface area contributed by atoms with Gasteiger partial charge in [0.25, 0.3) is 11.5 Å². The zero-order valence-corrected chi connectivity index (χ0v) is 20.1. The number of nitrogens with zero attached hydrogens (tertiary/aromatic N) is 2. The Bertz CT molecular complexity index is 1750. The number of fused-ring (bicyclic) bond motifs is 2. The molecule has 0 saturated heterocycles. The number of H-pyrrole nitrogens is 2. The third kappa shape index (κ3) is 5.29. The molecule has 0 radical (unpaired) electrons. The first-order chi connectivity index (χ1) is 17.9. The highest BCUT2D eigenvalue weighted by molar-refractivity contribution is 6.30. The number of amides is 2. The maximum Gasteiger partial charge on any atom is 0.323 e. The van der Waals surface area contributed by atoms with Gasteiger partial charge in [-0.25, -0.2) is 9.78 Å². The number of hydrogen-bond donors (Lipinski definition) is 4. The Morgan fingerprint density at radius 3 is 2.57 bits per heavy atom. The molecule has 5 rings (SSSR count). The van der Waals surface area contributed by atoms with Crippen molar-refractivity contribution in [2.75, 3.05) is 5.32 Å². The summed E-state index contributed by atoms with van der Waals surface area (Å²) in [6.07, 6.45) is 1.51. The Morgan fingerprint density at radius 2 is 1.76 bits per heavy atom. The Labute approximate surface area is 214 Å². The summed E-state index contributed by atoms with van der Waals surface area (Å²) in [5, 5.41) is 6.71. The van der Waals surface area contributed by atoms with Crippen molar-refractivity contribution in [2.24, 2.45) is 0 Å². The summed E-state index contributed by atoms with van der Waals surface area (Å²) in [4.78, 5) is 59.9. The lowest BCUT2D eigenvalue weighted by Crippen LogP contribution is -2.34. The molecular weight excluding hydrogens is 496 g/mol. The molecule has 2 aromatic carbocycles. The van der Waals surface area contributed by atoms with Crippen molar-refractivity contribution in [1.29, 1.82) is 0 Å². The minimum Gasteiger partial charge on any atom is -0.348 e. The van der Waals surface area contributed by atoms with E-state index >= 15 is 0 Å². The highest BCUT2D eigenvalue weighted by Gasteiger charge is 2.17. The van der Waals surface area contributed by atoms with Gasteiger partial charge < -0.3 is 20.6 Å². The molecule has 3 heterocycles. The Kier molecular flexibility index (Phi) is 6.57. The lowest BCUT2D eigenvalue weighted by Gasteiger charge is -2.13. The van der Waals surface area contributed by atoms with Crippen LogP contribution >= 0.6 is 11.6 Å². The monoisotopic (exact) mass is 516 g/mol. The van der Waals surface area contributed by atoms with E-state index in [0.717, 1.165) is 5.56 Å². The van der Waals surface area contributed by atoms with E-state index in [1.54, 1.807) is 60.8 Å². The number of aromatic amines is 2. The van der Waals surface area contributed by atoms with Gasteiger partial charge in [0.1, 0.15) is 11.2 Å². The molecule has 37 heavy (non-hydrogen) atoms.